The summed E-state index contributed by atoms with van der Waals surface area (Å²) in [6.07, 6.45) is 2.74. The Balaban J connectivity index is 0.000000373. The van der Waals surface area contributed by atoms with Crippen LogP contribution in [0.15, 0.2) is 66.4 Å². The average molecular weight is 801 g/mol. The number of nitriles is 1. The van der Waals surface area contributed by atoms with Crippen molar-refractivity contribution >= 4 is 39.8 Å². The SMILES string of the molecule is CCCCn1c(O)c(N=Nc2cc([N+](=O)[O-])ccc2O)c(C)c(C#N)c1=O.[C-]#[N+]c1c(C)c(N=Nc2cc([N+](=O)[O-])ccc2O)c(O)n(CCCC)c1=O.[Ni]. The van der Waals surface area contributed by atoms with Crippen LogP contribution >= 0.6 is 0 Å². The number of nitro groups is 2. The van der Waals surface area contributed by atoms with Gasteiger partial charge in [-0.1, -0.05) is 26.7 Å². The van der Waals surface area contributed by atoms with Crippen molar-refractivity contribution in [3.63, 3.8) is 0 Å². The average Bonchev–Trinajstić information content (AvgIpc) is 3.13. The van der Waals surface area contributed by atoms with Gasteiger partial charge in [0.05, 0.1) is 16.4 Å². The molecular formula is C34H34N10NiO10. The van der Waals surface area contributed by atoms with Crippen molar-refractivity contribution in [1.82, 2.24) is 9.13 Å². The Hall–Kier alpha value is -6.99. The third-order valence-corrected chi connectivity index (χ3v) is 7.83. The fourth-order valence-electron chi connectivity index (χ4n) is 4.77. The van der Waals surface area contributed by atoms with Crippen molar-refractivity contribution in [2.24, 2.45) is 20.5 Å². The Bertz CT molecular complexity index is 2210. The van der Waals surface area contributed by atoms with E-state index in [0.29, 0.717) is 12.8 Å². The molecule has 0 aliphatic heterocycles. The quantitative estimate of drug-likeness (QED) is 0.0352. The van der Waals surface area contributed by atoms with E-state index in [2.05, 4.69) is 25.3 Å². The van der Waals surface area contributed by atoms with Gasteiger partial charge in [-0.2, -0.15) is 5.26 Å². The minimum atomic E-state index is -0.653. The summed E-state index contributed by atoms with van der Waals surface area (Å²) in [5.41, 5.74) is -2.55. The molecule has 0 radical (unpaired) electrons. The van der Waals surface area contributed by atoms with Gasteiger partial charge in [0.25, 0.3) is 28.2 Å². The molecule has 0 unspecified atom stereocenters. The van der Waals surface area contributed by atoms with Crippen molar-refractivity contribution in [3.05, 3.63) is 105 Å². The predicted molar refractivity (Wildman–Crippen MR) is 193 cm³/mol. The number of non-ortho nitro benzene ring substituents is 2. The van der Waals surface area contributed by atoms with E-state index >= 15 is 0 Å². The molecule has 0 atom stereocenters. The Morgan fingerprint density at radius 2 is 1.18 bits per heavy atom. The molecule has 4 rings (SSSR count). The summed E-state index contributed by atoms with van der Waals surface area (Å²) >= 11 is 0. The minimum Gasteiger partial charge on any atom is -0.506 e. The first-order chi connectivity index (χ1) is 25.6. The number of benzene rings is 2. The number of unbranched alkanes of at least 4 members (excludes halogenated alkanes) is 2. The number of aromatic nitrogens is 2. The zero-order valence-electron chi connectivity index (χ0n) is 29.7. The molecule has 0 bridgehead atoms. The zero-order chi connectivity index (χ0) is 40.3. The van der Waals surface area contributed by atoms with Crippen LogP contribution in [0.2, 0.25) is 0 Å². The van der Waals surface area contributed by atoms with E-state index in [1.165, 1.54) is 13.8 Å². The normalized spacial score (nSPS) is 10.7. The number of pyridine rings is 2. The molecule has 20 nitrogen and oxygen atoms in total. The summed E-state index contributed by atoms with van der Waals surface area (Å²) in [6, 6.07) is 8.26. The van der Waals surface area contributed by atoms with Crippen LogP contribution in [0, 0.1) is 52.0 Å². The summed E-state index contributed by atoms with van der Waals surface area (Å²) in [6.45, 7) is 14.3. The van der Waals surface area contributed by atoms with Crippen molar-refractivity contribution in [3.8, 4) is 29.3 Å². The van der Waals surface area contributed by atoms with E-state index in [4.69, 9.17) is 6.57 Å². The number of phenols is 2. The number of rotatable bonds is 12. The van der Waals surface area contributed by atoms with Crippen LogP contribution in [0.1, 0.15) is 56.2 Å². The second-order valence-electron chi connectivity index (χ2n) is 11.4. The van der Waals surface area contributed by atoms with Crippen LogP contribution in [-0.2, 0) is 29.6 Å². The van der Waals surface area contributed by atoms with Gasteiger partial charge in [0.1, 0.15) is 40.2 Å². The van der Waals surface area contributed by atoms with Gasteiger partial charge in [0, 0.05) is 59.4 Å². The first-order valence-electron chi connectivity index (χ1n) is 16.1. The number of nitrogens with zero attached hydrogens (tertiary/aromatic N) is 10. The minimum absolute atomic E-state index is 0. The Morgan fingerprint density at radius 1 is 0.764 bits per heavy atom. The second kappa shape index (κ2) is 19.7. The third-order valence-electron chi connectivity index (χ3n) is 7.83. The van der Waals surface area contributed by atoms with E-state index in [1.807, 2.05) is 13.8 Å². The van der Waals surface area contributed by atoms with Crippen molar-refractivity contribution in [2.75, 3.05) is 0 Å². The van der Waals surface area contributed by atoms with Gasteiger partial charge in [0.2, 0.25) is 11.8 Å². The fraction of sp³-hybridized carbons (Fsp3) is 0.294. The summed E-state index contributed by atoms with van der Waals surface area (Å²) in [5, 5.41) is 86.6. The summed E-state index contributed by atoms with van der Waals surface area (Å²) in [4.78, 5) is 48.3. The van der Waals surface area contributed by atoms with Crippen molar-refractivity contribution in [1.29, 1.82) is 5.26 Å². The zero-order valence-corrected chi connectivity index (χ0v) is 30.7. The van der Waals surface area contributed by atoms with E-state index in [1.54, 1.807) is 6.07 Å². The van der Waals surface area contributed by atoms with Crippen LogP contribution in [-0.4, -0.2) is 39.4 Å². The predicted octanol–water partition coefficient (Wildman–Crippen LogP) is 7.80. The number of phenolic OH excluding ortho intramolecular Hbond substituents is 2. The van der Waals surface area contributed by atoms with E-state index in [0.717, 1.165) is 58.4 Å². The largest absolute Gasteiger partial charge is 0.506 e. The van der Waals surface area contributed by atoms with Crippen LogP contribution in [0.3, 0.4) is 0 Å². The first-order valence-corrected chi connectivity index (χ1v) is 16.1. The smallest absolute Gasteiger partial charge is 0.271 e. The molecule has 55 heavy (non-hydrogen) atoms. The number of nitro benzene ring substituents is 2. The van der Waals surface area contributed by atoms with Gasteiger partial charge >= 0.3 is 0 Å². The van der Waals surface area contributed by atoms with Crippen LogP contribution < -0.4 is 11.1 Å². The molecule has 2 aromatic heterocycles. The molecule has 2 heterocycles. The van der Waals surface area contributed by atoms with Crippen molar-refractivity contribution < 1.29 is 46.8 Å². The Morgan fingerprint density at radius 3 is 1.56 bits per heavy atom. The van der Waals surface area contributed by atoms with Gasteiger partial charge in [-0.15, -0.1) is 20.5 Å². The van der Waals surface area contributed by atoms with Gasteiger partial charge in [0.15, 0.2) is 5.69 Å². The van der Waals surface area contributed by atoms with Gasteiger partial charge < -0.3 is 20.4 Å². The molecule has 2 aromatic carbocycles. The number of hydrogen-bond acceptors (Lipinski definition) is 15. The molecule has 0 amide bonds. The van der Waals surface area contributed by atoms with E-state index in [9.17, 15) is 55.5 Å². The third kappa shape index (κ3) is 10.1. The number of aromatic hydroxyl groups is 4. The van der Waals surface area contributed by atoms with Crippen LogP contribution in [0.4, 0.5) is 39.8 Å². The molecule has 4 N–H and O–H groups in total. The Kier molecular flexibility index (Phi) is 15.9. The summed E-state index contributed by atoms with van der Waals surface area (Å²) in [7, 11) is 0. The van der Waals surface area contributed by atoms with Crippen molar-refractivity contribution in [2.45, 2.75) is 66.5 Å². The maximum atomic E-state index is 12.3. The molecular weight excluding hydrogens is 767 g/mol. The molecule has 0 aliphatic carbocycles. The van der Waals surface area contributed by atoms with Gasteiger partial charge in [-0.3, -0.25) is 39.0 Å². The maximum absolute atomic E-state index is 12.3. The van der Waals surface area contributed by atoms with Crippen LogP contribution in [0.25, 0.3) is 4.85 Å². The molecule has 290 valence electrons. The summed E-state index contributed by atoms with van der Waals surface area (Å²) < 4.78 is 2.09. The molecule has 0 aliphatic rings. The second-order valence-corrected chi connectivity index (χ2v) is 11.4. The maximum Gasteiger partial charge on any atom is 0.271 e. The molecule has 0 spiro atoms. The van der Waals surface area contributed by atoms with Gasteiger partial charge in [-0.05, 0) is 44.4 Å². The fourth-order valence-corrected chi connectivity index (χ4v) is 4.77. The number of azo groups is 2. The molecule has 0 saturated carbocycles. The van der Waals surface area contributed by atoms with E-state index < -0.39 is 32.7 Å². The molecule has 21 heteroatoms. The van der Waals surface area contributed by atoms with Gasteiger partial charge in [-0.25, -0.2) is 4.85 Å². The summed E-state index contributed by atoms with van der Waals surface area (Å²) in [5.74, 6) is -1.60. The topological polar surface area (TPSA) is 289 Å². The molecule has 0 fully saturated rings. The number of hydrogen-bond donors (Lipinski definition) is 4. The monoisotopic (exact) mass is 800 g/mol. The van der Waals surface area contributed by atoms with Crippen LogP contribution in [0.5, 0.6) is 23.3 Å². The molecule has 4 aromatic rings. The standard InChI is InChI=1S/2C17H17N5O5.Ni/c1-4-5-8-21-16(24)14(18-3)10(2)15(17(21)25)20-19-12-9-11(22(26)27)6-7-13(12)23;1-3-4-7-21-16(24)12(9-18)10(2)15(17(21)25)20-19-13-8-11(22(26)27)5-6-14(13)23;/h6-7,9,23,25H,4-5,8H2,1-2H3;5-6,8,23,25H,3-4,7H2,1-2H3;. The first kappa shape index (κ1) is 44.2. The Labute approximate surface area is 322 Å². The molecule has 0 saturated heterocycles. The van der Waals surface area contributed by atoms with E-state index in [-0.39, 0.29) is 97.6 Å².